The van der Waals surface area contributed by atoms with Gasteiger partial charge in [0.1, 0.15) is 5.82 Å². The molecule has 1 aromatic carbocycles. The van der Waals surface area contributed by atoms with Crippen LogP contribution in [-0.2, 0) is 6.42 Å². The van der Waals surface area contributed by atoms with Crippen LogP contribution in [0.25, 0.3) is 0 Å². The highest BCUT2D eigenvalue weighted by atomic mass is 16.3. The highest BCUT2D eigenvalue weighted by Crippen LogP contribution is 2.45. The summed E-state index contributed by atoms with van der Waals surface area (Å²) < 4.78 is 0. The maximum atomic E-state index is 11.1. The van der Waals surface area contributed by atoms with E-state index in [4.69, 9.17) is 0 Å². The Balaban J connectivity index is 1.32. The number of likely N-dealkylation sites (tertiary alicyclic amines) is 1. The average molecular weight is 353 g/mol. The molecular formula is C21H27N3O2. The minimum atomic E-state index is -0.547. The van der Waals surface area contributed by atoms with Crippen LogP contribution < -0.4 is 0 Å². The summed E-state index contributed by atoms with van der Waals surface area (Å²) in [7, 11) is 0. The number of rotatable bonds is 5. The Bertz CT molecular complexity index is 721. The van der Waals surface area contributed by atoms with E-state index in [9.17, 15) is 10.2 Å². The number of nitrogens with zero attached hydrogens (tertiary/aromatic N) is 3. The van der Waals surface area contributed by atoms with Crippen LogP contribution in [0.5, 0.6) is 5.75 Å². The molecule has 1 aromatic heterocycles. The van der Waals surface area contributed by atoms with Gasteiger partial charge in [0.25, 0.3) is 0 Å². The quantitative estimate of drug-likeness (QED) is 0.865. The zero-order chi connectivity index (χ0) is 18.1. The van der Waals surface area contributed by atoms with Crippen LogP contribution >= 0.6 is 0 Å². The summed E-state index contributed by atoms with van der Waals surface area (Å²) >= 11 is 0. The van der Waals surface area contributed by atoms with Crippen molar-refractivity contribution in [2.75, 3.05) is 19.6 Å². The molecule has 5 nitrogen and oxygen atoms in total. The van der Waals surface area contributed by atoms with Gasteiger partial charge in [-0.1, -0.05) is 37.3 Å². The van der Waals surface area contributed by atoms with Gasteiger partial charge < -0.3 is 15.1 Å². The van der Waals surface area contributed by atoms with Crippen molar-refractivity contribution >= 4 is 0 Å². The first-order valence-corrected chi connectivity index (χ1v) is 9.50. The molecule has 2 aliphatic rings. The molecule has 26 heavy (non-hydrogen) atoms. The Kier molecular flexibility index (Phi) is 4.67. The van der Waals surface area contributed by atoms with Gasteiger partial charge in [0, 0.05) is 32.0 Å². The van der Waals surface area contributed by atoms with Gasteiger partial charge in [0.15, 0.2) is 5.75 Å². The molecule has 5 heteroatoms. The van der Waals surface area contributed by atoms with Gasteiger partial charge in [-0.3, -0.25) is 0 Å². The zero-order valence-electron chi connectivity index (χ0n) is 15.3. The fourth-order valence-electron chi connectivity index (χ4n) is 4.88. The number of aromatic hydroxyl groups is 1. The Hall–Kier alpha value is -1.98. The second-order valence-electron chi connectivity index (χ2n) is 8.23. The van der Waals surface area contributed by atoms with E-state index in [2.05, 4.69) is 33.9 Å². The third-order valence-electron chi connectivity index (χ3n) is 5.94. The first kappa shape index (κ1) is 17.4. The molecule has 0 amide bonds. The monoisotopic (exact) mass is 353 g/mol. The van der Waals surface area contributed by atoms with Crippen LogP contribution in [0.1, 0.15) is 37.1 Å². The molecule has 1 aliphatic carbocycles. The Morgan fingerprint density at radius 2 is 1.73 bits per heavy atom. The van der Waals surface area contributed by atoms with Crippen molar-refractivity contribution in [3.8, 4) is 5.75 Å². The molecule has 0 bridgehead atoms. The van der Waals surface area contributed by atoms with E-state index in [1.54, 1.807) is 0 Å². The van der Waals surface area contributed by atoms with Crippen molar-refractivity contribution in [3.63, 3.8) is 0 Å². The number of hydrogen-bond donors (Lipinski definition) is 2. The van der Waals surface area contributed by atoms with Crippen molar-refractivity contribution in [2.24, 2.45) is 11.8 Å². The van der Waals surface area contributed by atoms with Crippen LogP contribution in [0.15, 0.2) is 42.7 Å². The van der Waals surface area contributed by atoms with E-state index in [0.717, 1.165) is 44.7 Å². The second kappa shape index (κ2) is 6.97. The Morgan fingerprint density at radius 3 is 2.35 bits per heavy atom. The minimum absolute atomic E-state index is 0.106. The normalized spacial score (nSPS) is 29.6. The number of benzene rings is 1. The molecular weight excluding hydrogens is 326 g/mol. The molecule has 2 fully saturated rings. The van der Waals surface area contributed by atoms with Gasteiger partial charge in [0.05, 0.1) is 18.0 Å². The zero-order valence-corrected chi connectivity index (χ0v) is 15.3. The molecule has 1 saturated carbocycles. The summed E-state index contributed by atoms with van der Waals surface area (Å²) in [4.78, 5) is 11.0. The molecule has 1 saturated heterocycles. The summed E-state index contributed by atoms with van der Waals surface area (Å²) in [6, 6.07) is 10.3. The third kappa shape index (κ3) is 3.74. The van der Waals surface area contributed by atoms with Gasteiger partial charge >= 0.3 is 0 Å². The van der Waals surface area contributed by atoms with Gasteiger partial charge in [-0.2, -0.15) is 0 Å². The van der Waals surface area contributed by atoms with Crippen LogP contribution in [0, 0.1) is 11.8 Å². The predicted molar refractivity (Wildman–Crippen MR) is 99.9 cm³/mol. The molecule has 0 radical (unpaired) electrons. The van der Waals surface area contributed by atoms with Crippen molar-refractivity contribution in [1.29, 1.82) is 0 Å². The van der Waals surface area contributed by atoms with Crippen LogP contribution in [0.4, 0.5) is 0 Å². The standard InChI is InChI=1S/C21H27N3O2/c1-15(20-22-10-19(25)11-23-20)12-24-13-17-8-21(26,9-18(17)14-24)7-16-5-3-2-4-6-16/h2-6,10-11,15,17-18,25-26H,7-9,12-14H2,1H3/t15?,17-,18+,21?. The van der Waals surface area contributed by atoms with E-state index in [-0.39, 0.29) is 11.7 Å². The summed E-state index contributed by atoms with van der Waals surface area (Å²) in [5, 5.41) is 20.4. The lowest BCUT2D eigenvalue weighted by Crippen LogP contribution is -2.33. The fourth-order valence-corrected chi connectivity index (χ4v) is 4.88. The van der Waals surface area contributed by atoms with Gasteiger partial charge in [-0.05, 0) is 30.2 Å². The molecule has 2 heterocycles. The number of hydrogen-bond acceptors (Lipinski definition) is 5. The van der Waals surface area contributed by atoms with E-state index < -0.39 is 5.60 Å². The topological polar surface area (TPSA) is 69.5 Å². The molecule has 1 aliphatic heterocycles. The average Bonchev–Trinajstić information content (AvgIpc) is 3.10. The largest absolute Gasteiger partial charge is 0.505 e. The van der Waals surface area contributed by atoms with Crippen molar-refractivity contribution in [1.82, 2.24) is 14.9 Å². The molecule has 0 spiro atoms. The van der Waals surface area contributed by atoms with Gasteiger partial charge in [-0.15, -0.1) is 0 Å². The summed E-state index contributed by atoms with van der Waals surface area (Å²) in [5.41, 5.74) is 0.680. The van der Waals surface area contributed by atoms with Crippen LogP contribution in [0.3, 0.4) is 0 Å². The molecule has 4 atom stereocenters. The first-order chi connectivity index (χ1) is 12.5. The lowest BCUT2D eigenvalue weighted by molar-refractivity contribution is 0.0353. The van der Waals surface area contributed by atoms with Gasteiger partial charge in [-0.25, -0.2) is 9.97 Å². The summed E-state index contributed by atoms with van der Waals surface area (Å²) in [6.45, 7) is 5.15. The number of aromatic nitrogens is 2. The lowest BCUT2D eigenvalue weighted by atomic mass is 9.91. The van der Waals surface area contributed by atoms with Crippen molar-refractivity contribution in [3.05, 3.63) is 54.1 Å². The second-order valence-corrected chi connectivity index (χ2v) is 8.23. The predicted octanol–water partition coefficient (Wildman–Crippen LogP) is 2.60. The number of fused-ring (bicyclic) bond motifs is 1. The molecule has 138 valence electrons. The smallest absolute Gasteiger partial charge is 0.152 e. The minimum Gasteiger partial charge on any atom is -0.505 e. The van der Waals surface area contributed by atoms with E-state index >= 15 is 0 Å². The molecule has 4 rings (SSSR count). The summed E-state index contributed by atoms with van der Waals surface area (Å²) in [6.07, 6.45) is 5.47. The Morgan fingerprint density at radius 1 is 1.12 bits per heavy atom. The van der Waals surface area contributed by atoms with E-state index in [1.165, 1.54) is 18.0 Å². The maximum absolute atomic E-state index is 11.1. The van der Waals surface area contributed by atoms with Crippen LogP contribution in [-0.4, -0.2) is 50.3 Å². The Labute approximate surface area is 154 Å². The van der Waals surface area contributed by atoms with Gasteiger partial charge in [0.2, 0.25) is 0 Å². The SMILES string of the molecule is CC(CN1C[C@@H]2CC(O)(Cc3ccccc3)C[C@@H]2C1)c1ncc(O)cn1. The lowest BCUT2D eigenvalue weighted by Gasteiger charge is -2.27. The highest BCUT2D eigenvalue weighted by molar-refractivity contribution is 5.18. The van der Waals surface area contributed by atoms with E-state index in [1.807, 2.05) is 18.2 Å². The van der Waals surface area contributed by atoms with E-state index in [0.29, 0.717) is 11.8 Å². The number of aliphatic hydroxyl groups is 1. The van der Waals surface area contributed by atoms with Crippen molar-refractivity contribution < 1.29 is 10.2 Å². The first-order valence-electron chi connectivity index (χ1n) is 9.50. The fraction of sp³-hybridized carbons (Fsp3) is 0.524. The maximum Gasteiger partial charge on any atom is 0.152 e. The van der Waals surface area contributed by atoms with Crippen molar-refractivity contribution in [2.45, 2.75) is 37.7 Å². The molecule has 2 aromatic rings. The van der Waals surface area contributed by atoms with Crippen LogP contribution in [0.2, 0.25) is 0 Å². The molecule has 2 N–H and O–H groups in total. The highest BCUT2D eigenvalue weighted by Gasteiger charge is 2.48. The summed E-state index contributed by atoms with van der Waals surface area (Å²) in [5.74, 6) is 2.28. The third-order valence-corrected chi connectivity index (χ3v) is 5.94. The molecule has 2 unspecified atom stereocenters.